The first-order valence-electron chi connectivity index (χ1n) is 6.93. The lowest BCUT2D eigenvalue weighted by Crippen LogP contribution is -2.11. The van der Waals surface area contributed by atoms with Gasteiger partial charge >= 0.3 is 0 Å². The predicted octanol–water partition coefficient (Wildman–Crippen LogP) is 4.98. The summed E-state index contributed by atoms with van der Waals surface area (Å²) in [6.45, 7) is 1.35. The number of para-hydroxylation sites is 1. The molecule has 106 valence electrons. The monoisotopic (exact) mass is 297 g/mol. The van der Waals surface area contributed by atoms with Crippen molar-refractivity contribution in [1.82, 2.24) is 0 Å². The van der Waals surface area contributed by atoms with Crippen molar-refractivity contribution < 1.29 is 4.74 Å². The van der Waals surface area contributed by atoms with Crippen LogP contribution in [0.2, 0.25) is 5.02 Å². The average Bonchev–Trinajstić information content (AvgIpc) is 2.55. The Morgan fingerprint density at radius 3 is 2.33 bits per heavy atom. The zero-order chi connectivity index (χ0) is 14.5. The third-order valence-corrected chi connectivity index (χ3v) is 3.62. The quantitative estimate of drug-likeness (QED) is 0.670. The van der Waals surface area contributed by atoms with Gasteiger partial charge in [-0.2, -0.15) is 0 Å². The van der Waals surface area contributed by atoms with Crippen molar-refractivity contribution in [3.63, 3.8) is 0 Å². The number of rotatable bonds is 5. The van der Waals surface area contributed by atoms with Gasteiger partial charge in [0.15, 0.2) is 0 Å². The molecule has 0 spiro atoms. The second kappa shape index (κ2) is 6.51. The van der Waals surface area contributed by atoms with Crippen LogP contribution in [0.1, 0.15) is 0 Å². The van der Waals surface area contributed by atoms with E-state index in [0.717, 1.165) is 33.8 Å². The van der Waals surface area contributed by atoms with Crippen LogP contribution in [0.5, 0.6) is 5.75 Å². The molecule has 0 fully saturated rings. The Labute approximate surface area is 129 Å². The molecule has 3 rings (SSSR count). The maximum atomic E-state index is 6.20. The van der Waals surface area contributed by atoms with Gasteiger partial charge in [0.1, 0.15) is 12.4 Å². The molecule has 0 heterocycles. The highest BCUT2D eigenvalue weighted by molar-refractivity contribution is 6.35. The molecular weight excluding hydrogens is 282 g/mol. The molecule has 0 aliphatic heterocycles. The number of anilines is 1. The topological polar surface area (TPSA) is 21.3 Å². The number of hydrogen-bond donors (Lipinski definition) is 1. The van der Waals surface area contributed by atoms with Crippen molar-refractivity contribution in [2.75, 3.05) is 18.5 Å². The smallest absolute Gasteiger partial charge is 0.127 e. The van der Waals surface area contributed by atoms with Gasteiger partial charge < -0.3 is 10.1 Å². The Morgan fingerprint density at radius 2 is 1.52 bits per heavy atom. The molecule has 2 nitrogen and oxygen atoms in total. The van der Waals surface area contributed by atoms with Crippen molar-refractivity contribution in [3.05, 3.63) is 71.8 Å². The van der Waals surface area contributed by atoms with E-state index in [9.17, 15) is 0 Å². The number of hydrogen-bond acceptors (Lipinski definition) is 2. The lowest BCUT2D eigenvalue weighted by atomic mass is 10.1. The van der Waals surface area contributed by atoms with E-state index in [1.165, 1.54) is 0 Å². The van der Waals surface area contributed by atoms with Crippen LogP contribution in [-0.4, -0.2) is 13.2 Å². The Hall–Kier alpha value is -2.19. The third kappa shape index (κ3) is 3.29. The van der Waals surface area contributed by atoms with Crippen molar-refractivity contribution >= 4 is 28.1 Å². The van der Waals surface area contributed by atoms with Crippen LogP contribution in [0.4, 0.5) is 5.69 Å². The van der Waals surface area contributed by atoms with Crippen molar-refractivity contribution in [3.8, 4) is 5.75 Å². The number of nitrogens with one attached hydrogen (secondary N) is 1. The molecule has 0 aliphatic carbocycles. The third-order valence-electron chi connectivity index (χ3n) is 3.29. The van der Waals surface area contributed by atoms with Gasteiger partial charge in [-0.1, -0.05) is 54.1 Å². The lowest BCUT2D eigenvalue weighted by molar-refractivity contribution is 0.337. The number of fused-ring (bicyclic) bond motifs is 1. The van der Waals surface area contributed by atoms with E-state index in [4.69, 9.17) is 16.3 Å². The second-order valence-corrected chi connectivity index (χ2v) is 5.14. The molecule has 0 unspecified atom stereocenters. The van der Waals surface area contributed by atoms with Crippen LogP contribution < -0.4 is 10.1 Å². The summed E-state index contributed by atoms with van der Waals surface area (Å²) in [4.78, 5) is 0. The molecule has 0 bridgehead atoms. The maximum absolute atomic E-state index is 6.20. The number of halogens is 1. The van der Waals surface area contributed by atoms with Crippen LogP contribution in [0.15, 0.2) is 66.7 Å². The van der Waals surface area contributed by atoms with Crippen LogP contribution in [0.3, 0.4) is 0 Å². The van der Waals surface area contributed by atoms with Gasteiger partial charge in [-0.3, -0.25) is 0 Å². The van der Waals surface area contributed by atoms with E-state index >= 15 is 0 Å². The predicted molar refractivity (Wildman–Crippen MR) is 89.4 cm³/mol. The van der Waals surface area contributed by atoms with Crippen LogP contribution in [0.25, 0.3) is 10.8 Å². The van der Waals surface area contributed by atoms with E-state index < -0.39 is 0 Å². The SMILES string of the molecule is Clc1ccc(OCCNc2ccccc2)c2ccccc12. The van der Waals surface area contributed by atoms with E-state index in [2.05, 4.69) is 5.32 Å². The first-order valence-corrected chi connectivity index (χ1v) is 7.31. The minimum absolute atomic E-state index is 0.598. The first kappa shape index (κ1) is 13.8. The summed E-state index contributed by atoms with van der Waals surface area (Å²) < 4.78 is 5.87. The summed E-state index contributed by atoms with van der Waals surface area (Å²) in [6, 6.07) is 21.9. The highest BCUT2D eigenvalue weighted by Gasteiger charge is 2.04. The summed E-state index contributed by atoms with van der Waals surface area (Å²) in [6.07, 6.45) is 0. The standard InChI is InChI=1S/C18H16ClNO/c19-17-10-11-18(16-9-5-4-8-15(16)17)21-13-12-20-14-6-2-1-3-7-14/h1-11,20H,12-13H2. The molecule has 3 aromatic rings. The van der Waals surface area contributed by atoms with Gasteiger partial charge in [0.05, 0.1) is 0 Å². The van der Waals surface area contributed by atoms with Gasteiger partial charge in [-0.15, -0.1) is 0 Å². The van der Waals surface area contributed by atoms with Gasteiger partial charge in [-0.25, -0.2) is 0 Å². The second-order valence-electron chi connectivity index (χ2n) is 4.73. The lowest BCUT2D eigenvalue weighted by Gasteiger charge is -2.11. The average molecular weight is 298 g/mol. The fraction of sp³-hybridized carbons (Fsp3) is 0.111. The molecule has 0 radical (unpaired) electrons. The Kier molecular flexibility index (Phi) is 4.27. The van der Waals surface area contributed by atoms with Crippen LogP contribution >= 0.6 is 11.6 Å². The van der Waals surface area contributed by atoms with Crippen molar-refractivity contribution in [2.45, 2.75) is 0 Å². The summed E-state index contributed by atoms with van der Waals surface area (Å²) in [5.41, 5.74) is 1.10. The molecule has 21 heavy (non-hydrogen) atoms. The molecule has 0 aliphatic rings. The zero-order valence-electron chi connectivity index (χ0n) is 11.6. The largest absolute Gasteiger partial charge is 0.491 e. The highest BCUT2D eigenvalue weighted by Crippen LogP contribution is 2.31. The molecule has 3 heteroatoms. The van der Waals surface area contributed by atoms with E-state index in [0.29, 0.717) is 6.61 Å². The fourth-order valence-corrected chi connectivity index (χ4v) is 2.50. The van der Waals surface area contributed by atoms with Crippen molar-refractivity contribution in [2.24, 2.45) is 0 Å². The van der Waals surface area contributed by atoms with Gasteiger partial charge in [-0.05, 0) is 24.3 Å². The van der Waals surface area contributed by atoms with Crippen LogP contribution in [-0.2, 0) is 0 Å². The Bertz CT molecular complexity index is 728. The summed E-state index contributed by atoms with van der Waals surface area (Å²) in [5.74, 6) is 0.866. The Balaban J connectivity index is 1.65. The van der Waals surface area contributed by atoms with Gasteiger partial charge in [0.2, 0.25) is 0 Å². The van der Waals surface area contributed by atoms with E-state index in [1.807, 2.05) is 66.7 Å². The van der Waals surface area contributed by atoms with E-state index in [-0.39, 0.29) is 0 Å². The molecule has 0 saturated heterocycles. The van der Waals surface area contributed by atoms with Gasteiger partial charge in [0.25, 0.3) is 0 Å². The normalized spacial score (nSPS) is 10.5. The molecule has 0 saturated carbocycles. The summed E-state index contributed by atoms with van der Waals surface area (Å²) in [5, 5.41) is 6.14. The van der Waals surface area contributed by atoms with Crippen LogP contribution in [0, 0.1) is 0 Å². The fourth-order valence-electron chi connectivity index (χ4n) is 2.27. The molecule has 0 amide bonds. The molecule has 1 N–H and O–H groups in total. The number of benzene rings is 3. The minimum Gasteiger partial charge on any atom is -0.491 e. The van der Waals surface area contributed by atoms with E-state index in [1.54, 1.807) is 0 Å². The first-order chi connectivity index (χ1) is 10.3. The number of ether oxygens (including phenoxy) is 1. The Morgan fingerprint density at radius 1 is 0.810 bits per heavy atom. The molecule has 0 aromatic heterocycles. The molecule has 0 atom stereocenters. The highest BCUT2D eigenvalue weighted by atomic mass is 35.5. The van der Waals surface area contributed by atoms with Gasteiger partial charge in [0, 0.05) is 28.0 Å². The van der Waals surface area contributed by atoms with Crippen molar-refractivity contribution in [1.29, 1.82) is 0 Å². The molecule has 3 aromatic carbocycles. The summed E-state index contributed by atoms with van der Waals surface area (Å²) >= 11 is 6.20. The minimum atomic E-state index is 0.598. The molecular formula is C18H16ClNO. The zero-order valence-corrected chi connectivity index (χ0v) is 12.3. The summed E-state index contributed by atoms with van der Waals surface area (Å²) in [7, 11) is 0. The maximum Gasteiger partial charge on any atom is 0.127 e.